The molecule has 2 saturated heterocycles. The van der Waals surface area contributed by atoms with Crippen LogP contribution in [0.4, 0.5) is 0 Å². The van der Waals surface area contributed by atoms with Crippen LogP contribution in [0.3, 0.4) is 0 Å². The number of nitrogens with zero attached hydrogens (tertiary/aromatic N) is 4. The molecule has 1 aromatic heterocycles. The Morgan fingerprint density at radius 3 is 2.65 bits per heavy atom. The van der Waals surface area contributed by atoms with Gasteiger partial charge in [-0.1, -0.05) is 11.6 Å². The predicted octanol–water partition coefficient (Wildman–Crippen LogP) is 3.21. The van der Waals surface area contributed by atoms with E-state index >= 15 is 0 Å². The zero-order chi connectivity index (χ0) is 23.2. The molecule has 1 unspecified atom stereocenters. The van der Waals surface area contributed by atoms with Gasteiger partial charge in [0, 0.05) is 38.5 Å². The quantitative estimate of drug-likeness (QED) is 0.668. The SMILES string of the molecule is CC1=CC2=NC(=O)c3cnn(C4CCOCC4)c3C2=CC1C(=O)N1CCC(COC2CC2)CC1. The Balaban J connectivity index is 1.23. The molecule has 0 aromatic carbocycles. The maximum atomic E-state index is 13.6. The lowest BCUT2D eigenvalue weighted by Gasteiger charge is -2.35. The fourth-order valence-corrected chi connectivity index (χ4v) is 5.51. The van der Waals surface area contributed by atoms with Crippen LogP contribution in [-0.4, -0.2) is 71.2 Å². The minimum atomic E-state index is -0.340. The molecule has 4 heterocycles. The second kappa shape index (κ2) is 8.89. The van der Waals surface area contributed by atoms with E-state index in [4.69, 9.17) is 9.47 Å². The van der Waals surface area contributed by atoms with E-state index in [2.05, 4.69) is 10.1 Å². The van der Waals surface area contributed by atoms with Gasteiger partial charge in [0.25, 0.3) is 5.91 Å². The molecule has 3 fully saturated rings. The molecule has 180 valence electrons. The van der Waals surface area contributed by atoms with Crippen molar-refractivity contribution in [1.29, 1.82) is 0 Å². The van der Waals surface area contributed by atoms with Crippen LogP contribution in [-0.2, 0) is 14.3 Å². The highest BCUT2D eigenvalue weighted by Crippen LogP contribution is 2.37. The lowest BCUT2D eigenvalue weighted by Crippen LogP contribution is -2.43. The number of likely N-dealkylation sites (tertiary alicyclic amines) is 1. The molecule has 1 atom stereocenters. The van der Waals surface area contributed by atoms with Crippen molar-refractivity contribution in [3.8, 4) is 0 Å². The number of aliphatic imine (C=N–C) groups is 1. The number of hydrogen-bond donors (Lipinski definition) is 0. The summed E-state index contributed by atoms with van der Waals surface area (Å²) in [6, 6.07) is 0.184. The maximum absolute atomic E-state index is 13.6. The third-order valence-electron chi connectivity index (χ3n) is 7.79. The van der Waals surface area contributed by atoms with Crippen molar-refractivity contribution in [2.75, 3.05) is 32.9 Å². The van der Waals surface area contributed by atoms with Crippen LogP contribution in [0.15, 0.2) is 28.9 Å². The highest BCUT2D eigenvalue weighted by molar-refractivity contribution is 6.36. The van der Waals surface area contributed by atoms with Crippen LogP contribution < -0.4 is 0 Å². The van der Waals surface area contributed by atoms with Crippen molar-refractivity contribution < 1.29 is 19.1 Å². The molecule has 0 radical (unpaired) electrons. The van der Waals surface area contributed by atoms with E-state index in [9.17, 15) is 9.59 Å². The molecule has 6 rings (SSSR count). The number of amides is 2. The number of piperidine rings is 1. The first-order valence-corrected chi connectivity index (χ1v) is 12.7. The average molecular weight is 465 g/mol. The first-order valence-electron chi connectivity index (χ1n) is 12.7. The summed E-state index contributed by atoms with van der Waals surface area (Å²) in [5, 5.41) is 4.58. The van der Waals surface area contributed by atoms with Crippen molar-refractivity contribution in [2.45, 2.75) is 57.6 Å². The number of allylic oxidation sites excluding steroid dienone is 2. The van der Waals surface area contributed by atoms with Gasteiger partial charge in [-0.3, -0.25) is 14.3 Å². The number of fused-ring (bicyclic) bond motifs is 3. The van der Waals surface area contributed by atoms with E-state index in [1.54, 1.807) is 6.20 Å². The monoisotopic (exact) mass is 464 g/mol. The molecule has 8 heteroatoms. The van der Waals surface area contributed by atoms with Crippen LogP contribution in [0, 0.1) is 11.8 Å². The van der Waals surface area contributed by atoms with E-state index < -0.39 is 0 Å². The van der Waals surface area contributed by atoms with Gasteiger partial charge in [0.15, 0.2) is 0 Å². The molecular weight excluding hydrogens is 432 g/mol. The van der Waals surface area contributed by atoms with Crippen LogP contribution in [0.5, 0.6) is 0 Å². The molecule has 3 aliphatic heterocycles. The molecule has 0 bridgehead atoms. The van der Waals surface area contributed by atoms with Gasteiger partial charge in [-0.05, 0) is 57.4 Å². The van der Waals surface area contributed by atoms with Gasteiger partial charge in [0.2, 0.25) is 5.91 Å². The van der Waals surface area contributed by atoms with E-state index in [0.29, 0.717) is 36.5 Å². The van der Waals surface area contributed by atoms with Crippen molar-refractivity contribution in [3.05, 3.63) is 35.2 Å². The summed E-state index contributed by atoms with van der Waals surface area (Å²) >= 11 is 0. The van der Waals surface area contributed by atoms with Gasteiger partial charge in [-0.15, -0.1) is 0 Å². The Morgan fingerprint density at radius 1 is 1.15 bits per heavy atom. The highest BCUT2D eigenvalue weighted by atomic mass is 16.5. The lowest BCUT2D eigenvalue weighted by atomic mass is 9.84. The highest BCUT2D eigenvalue weighted by Gasteiger charge is 2.37. The summed E-state index contributed by atoms with van der Waals surface area (Å²) in [5.41, 5.74) is 3.76. The van der Waals surface area contributed by atoms with Crippen molar-refractivity contribution in [3.63, 3.8) is 0 Å². The Kier molecular flexibility index (Phi) is 5.73. The van der Waals surface area contributed by atoms with Gasteiger partial charge in [-0.2, -0.15) is 5.10 Å². The fourth-order valence-electron chi connectivity index (χ4n) is 5.51. The van der Waals surface area contributed by atoms with E-state index in [1.807, 2.05) is 28.7 Å². The Hall–Kier alpha value is -2.58. The topological polar surface area (TPSA) is 86.0 Å². The Bertz CT molecular complexity index is 1080. The standard InChI is InChI=1S/C26H32N4O4/c1-16-12-23-21(24-22(25(31)28-23)14-27-30(24)18-6-10-33-11-7-18)13-20(16)26(32)29-8-4-17(5-9-29)15-34-19-2-3-19/h12-14,17-20H,2-11,15H2,1H3. The summed E-state index contributed by atoms with van der Waals surface area (Å²) < 4.78 is 13.4. The molecule has 34 heavy (non-hydrogen) atoms. The van der Waals surface area contributed by atoms with Crippen LogP contribution in [0.25, 0.3) is 5.57 Å². The second-order valence-corrected chi connectivity index (χ2v) is 10.2. The second-order valence-electron chi connectivity index (χ2n) is 10.2. The smallest absolute Gasteiger partial charge is 0.281 e. The summed E-state index contributed by atoms with van der Waals surface area (Å²) in [5.74, 6) is 0.0833. The molecular formula is C26H32N4O4. The first-order chi connectivity index (χ1) is 16.6. The van der Waals surface area contributed by atoms with Gasteiger partial charge in [-0.25, -0.2) is 4.99 Å². The van der Waals surface area contributed by atoms with Gasteiger partial charge in [0.1, 0.15) is 0 Å². The predicted molar refractivity (Wildman–Crippen MR) is 127 cm³/mol. The largest absolute Gasteiger partial charge is 0.381 e. The Morgan fingerprint density at radius 2 is 1.91 bits per heavy atom. The molecule has 0 N–H and O–H groups in total. The van der Waals surface area contributed by atoms with Crippen molar-refractivity contribution in [2.24, 2.45) is 16.8 Å². The zero-order valence-electron chi connectivity index (χ0n) is 19.7. The molecule has 2 amide bonds. The summed E-state index contributed by atoms with van der Waals surface area (Å²) in [6.07, 6.45) is 12.1. The van der Waals surface area contributed by atoms with Crippen molar-refractivity contribution in [1.82, 2.24) is 14.7 Å². The Labute approximate surface area is 199 Å². The molecule has 5 aliphatic rings. The van der Waals surface area contributed by atoms with Crippen LogP contribution in [0.1, 0.15) is 67.5 Å². The number of carbonyl (C=O) groups is 2. The number of carbonyl (C=O) groups excluding carboxylic acids is 2. The maximum Gasteiger partial charge on any atom is 0.281 e. The third-order valence-corrected chi connectivity index (χ3v) is 7.79. The molecule has 2 aliphatic carbocycles. The summed E-state index contributed by atoms with van der Waals surface area (Å²) in [4.78, 5) is 32.6. The fraction of sp³-hybridized carbons (Fsp3) is 0.615. The van der Waals surface area contributed by atoms with Gasteiger partial charge >= 0.3 is 0 Å². The third kappa shape index (κ3) is 4.07. The number of aromatic nitrogens is 2. The number of hydrogen-bond acceptors (Lipinski definition) is 5. The van der Waals surface area contributed by atoms with E-state index in [1.165, 1.54) is 12.8 Å². The van der Waals surface area contributed by atoms with E-state index in [0.717, 1.165) is 62.2 Å². The average Bonchev–Trinajstić information content (AvgIpc) is 3.58. The summed E-state index contributed by atoms with van der Waals surface area (Å²) in [7, 11) is 0. The van der Waals surface area contributed by atoms with E-state index in [-0.39, 0.29) is 23.8 Å². The first kappa shape index (κ1) is 21.9. The lowest BCUT2D eigenvalue weighted by molar-refractivity contribution is -0.134. The zero-order valence-corrected chi connectivity index (χ0v) is 19.7. The van der Waals surface area contributed by atoms with Gasteiger partial charge in [0.05, 0.1) is 41.2 Å². The minimum Gasteiger partial charge on any atom is -0.381 e. The molecule has 1 saturated carbocycles. The van der Waals surface area contributed by atoms with Crippen LogP contribution in [0.2, 0.25) is 0 Å². The number of ether oxygens (including phenoxy) is 2. The molecule has 0 spiro atoms. The van der Waals surface area contributed by atoms with Crippen molar-refractivity contribution >= 4 is 23.1 Å². The molecule has 8 nitrogen and oxygen atoms in total. The summed E-state index contributed by atoms with van der Waals surface area (Å²) in [6.45, 7) is 5.71. The normalized spacial score (nSPS) is 25.9. The molecule has 1 aromatic rings. The van der Waals surface area contributed by atoms with Gasteiger partial charge < -0.3 is 14.4 Å². The number of rotatable bonds is 5. The minimum absolute atomic E-state index is 0.137. The van der Waals surface area contributed by atoms with Crippen LogP contribution >= 0.6 is 0 Å².